The summed E-state index contributed by atoms with van der Waals surface area (Å²) in [4.78, 5) is 18.3. The van der Waals surface area contributed by atoms with Gasteiger partial charge in [-0.15, -0.1) is 0 Å². The molecule has 0 fully saturated rings. The summed E-state index contributed by atoms with van der Waals surface area (Å²) in [5.74, 6) is 0.574. The summed E-state index contributed by atoms with van der Waals surface area (Å²) in [7, 11) is 0. The Balaban J connectivity index is 1.89. The molecule has 0 aliphatic heterocycles. The monoisotopic (exact) mass is 286 g/mol. The van der Waals surface area contributed by atoms with Gasteiger partial charge in [-0.05, 0) is 24.6 Å². The number of rotatable bonds is 6. The molecule has 1 aromatic heterocycles. The Kier molecular flexibility index (Phi) is 5.62. The quantitative estimate of drug-likeness (QED) is 0.764. The number of pyridine rings is 1. The SMILES string of the molecule is CCN(Cc1ccccc1)C(=O)CSc1ccccn1. The van der Waals surface area contributed by atoms with E-state index in [1.165, 1.54) is 11.8 Å². The summed E-state index contributed by atoms with van der Waals surface area (Å²) < 4.78 is 0. The largest absolute Gasteiger partial charge is 0.338 e. The lowest BCUT2D eigenvalue weighted by Gasteiger charge is -2.20. The van der Waals surface area contributed by atoms with Gasteiger partial charge in [-0.1, -0.05) is 48.2 Å². The van der Waals surface area contributed by atoms with Crippen molar-refractivity contribution in [2.24, 2.45) is 0 Å². The molecule has 0 unspecified atom stereocenters. The highest BCUT2D eigenvalue weighted by atomic mass is 32.2. The van der Waals surface area contributed by atoms with Crippen LogP contribution in [0.15, 0.2) is 59.8 Å². The first kappa shape index (κ1) is 14.6. The fourth-order valence-corrected chi connectivity index (χ4v) is 2.60. The van der Waals surface area contributed by atoms with Crippen LogP contribution in [0.4, 0.5) is 0 Å². The van der Waals surface area contributed by atoms with E-state index >= 15 is 0 Å². The van der Waals surface area contributed by atoms with E-state index in [1.807, 2.05) is 60.4 Å². The first-order valence-corrected chi connectivity index (χ1v) is 7.63. The molecular formula is C16H18N2OS. The molecule has 0 saturated heterocycles. The van der Waals surface area contributed by atoms with Gasteiger partial charge in [0.05, 0.1) is 10.8 Å². The molecule has 3 nitrogen and oxygen atoms in total. The van der Waals surface area contributed by atoms with Gasteiger partial charge in [0.15, 0.2) is 0 Å². The zero-order chi connectivity index (χ0) is 14.2. The Bertz CT molecular complexity index is 531. The van der Waals surface area contributed by atoms with Gasteiger partial charge in [-0.3, -0.25) is 4.79 Å². The molecule has 1 heterocycles. The van der Waals surface area contributed by atoms with Crippen LogP contribution in [-0.2, 0) is 11.3 Å². The van der Waals surface area contributed by atoms with Crippen LogP contribution in [0.2, 0.25) is 0 Å². The van der Waals surface area contributed by atoms with Crippen LogP contribution in [0.1, 0.15) is 12.5 Å². The van der Waals surface area contributed by atoms with E-state index in [4.69, 9.17) is 0 Å². The first-order valence-electron chi connectivity index (χ1n) is 6.65. The normalized spacial score (nSPS) is 10.2. The molecule has 0 spiro atoms. The molecule has 0 atom stereocenters. The number of aromatic nitrogens is 1. The maximum Gasteiger partial charge on any atom is 0.233 e. The lowest BCUT2D eigenvalue weighted by atomic mass is 10.2. The summed E-state index contributed by atoms with van der Waals surface area (Å²) in [6.45, 7) is 3.39. The lowest BCUT2D eigenvalue weighted by Crippen LogP contribution is -2.31. The molecule has 2 aromatic rings. The number of carbonyl (C=O) groups is 1. The average Bonchev–Trinajstić information content (AvgIpc) is 2.52. The topological polar surface area (TPSA) is 33.2 Å². The van der Waals surface area contributed by atoms with Crippen molar-refractivity contribution in [3.05, 3.63) is 60.3 Å². The third-order valence-electron chi connectivity index (χ3n) is 2.93. The molecular weight excluding hydrogens is 268 g/mol. The minimum absolute atomic E-state index is 0.145. The molecule has 0 N–H and O–H groups in total. The standard InChI is InChI=1S/C16H18N2OS/c1-2-18(12-14-8-4-3-5-9-14)16(19)13-20-15-10-6-7-11-17-15/h3-11H,2,12-13H2,1H3. The Hall–Kier alpha value is -1.81. The van der Waals surface area contributed by atoms with Crippen LogP contribution in [0.5, 0.6) is 0 Å². The van der Waals surface area contributed by atoms with E-state index in [0.29, 0.717) is 12.3 Å². The van der Waals surface area contributed by atoms with Gasteiger partial charge in [0.1, 0.15) is 0 Å². The van der Waals surface area contributed by atoms with Crippen molar-refractivity contribution in [2.75, 3.05) is 12.3 Å². The van der Waals surface area contributed by atoms with Crippen LogP contribution >= 0.6 is 11.8 Å². The van der Waals surface area contributed by atoms with Crippen LogP contribution in [0.3, 0.4) is 0 Å². The average molecular weight is 286 g/mol. The number of hydrogen-bond donors (Lipinski definition) is 0. The molecule has 0 radical (unpaired) electrons. The summed E-state index contributed by atoms with van der Waals surface area (Å²) >= 11 is 1.48. The highest BCUT2D eigenvalue weighted by Gasteiger charge is 2.12. The number of thioether (sulfide) groups is 1. The lowest BCUT2D eigenvalue weighted by molar-refractivity contribution is -0.128. The summed E-state index contributed by atoms with van der Waals surface area (Å²) in [5.41, 5.74) is 1.16. The maximum absolute atomic E-state index is 12.2. The Morgan fingerprint density at radius 1 is 1.15 bits per heavy atom. The molecule has 0 bridgehead atoms. The van der Waals surface area contributed by atoms with Crippen molar-refractivity contribution in [3.63, 3.8) is 0 Å². The molecule has 1 amide bonds. The van der Waals surface area contributed by atoms with Gasteiger partial charge in [-0.25, -0.2) is 4.98 Å². The third kappa shape index (κ3) is 4.38. The van der Waals surface area contributed by atoms with Gasteiger partial charge in [0, 0.05) is 19.3 Å². The highest BCUT2D eigenvalue weighted by Crippen LogP contribution is 2.15. The number of carbonyl (C=O) groups excluding carboxylic acids is 1. The van der Waals surface area contributed by atoms with Crippen molar-refractivity contribution in [3.8, 4) is 0 Å². The van der Waals surface area contributed by atoms with Crippen LogP contribution in [0, 0.1) is 0 Å². The third-order valence-corrected chi connectivity index (χ3v) is 3.86. The maximum atomic E-state index is 12.2. The molecule has 0 aliphatic carbocycles. The fraction of sp³-hybridized carbons (Fsp3) is 0.250. The Labute approximate surface area is 124 Å². The Morgan fingerprint density at radius 2 is 1.90 bits per heavy atom. The second-order valence-corrected chi connectivity index (χ2v) is 5.35. The zero-order valence-electron chi connectivity index (χ0n) is 11.5. The number of nitrogens with zero attached hydrogens (tertiary/aromatic N) is 2. The fourth-order valence-electron chi connectivity index (χ4n) is 1.84. The molecule has 20 heavy (non-hydrogen) atoms. The van der Waals surface area contributed by atoms with Gasteiger partial charge >= 0.3 is 0 Å². The number of hydrogen-bond acceptors (Lipinski definition) is 3. The van der Waals surface area contributed by atoms with Crippen molar-refractivity contribution in [1.82, 2.24) is 9.88 Å². The number of amides is 1. The van der Waals surface area contributed by atoms with Crippen molar-refractivity contribution in [2.45, 2.75) is 18.5 Å². The van der Waals surface area contributed by atoms with Gasteiger partial charge < -0.3 is 4.90 Å². The molecule has 1 aromatic carbocycles. The summed E-state index contributed by atoms with van der Waals surface area (Å²) in [5, 5.41) is 0.886. The van der Waals surface area contributed by atoms with Crippen molar-refractivity contribution in [1.29, 1.82) is 0 Å². The van der Waals surface area contributed by atoms with Gasteiger partial charge in [0.25, 0.3) is 0 Å². The molecule has 104 valence electrons. The van der Waals surface area contributed by atoms with E-state index in [9.17, 15) is 4.79 Å². The van der Waals surface area contributed by atoms with Crippen molar-refractivity contribution >= 4 is 17.7 Å². The van der Waals surface area contributed by atoms with E-state index in [-0.39, 0.29) is 5.91 Å². The first-order chi connectivity index (χ1) is 9.79. The highest BCUT2D eigenvalue weighted by molar-refractivity contribution is 7.99. The van der Waals surface area contributed by atoms with Gasteiger partial charge in [-0.2, -0.15) is 0 Å². The molecule has 0 saturated carbocycles. The van der Waals surface area contributed by atoms with E-state index < -0.39 is 0 Å². The van der Waals surface area contributed by atoms with E-state index in [0.717, 1.165) is 17.1 Å². The zero-order valence-corrected chi connectivity index (χ0v) is 12.3. The van der Waals surface area contributed by atoms with Crippen LogP contribution in [0.25, 0.3) is 0 Å². The predicted molar refractivity (Wildman–Crippen MR) is 82.5 cm³/mol. The van der Waals surface area contributed by atoms with Gasteiger partial charge in [0.2, 0.25) is 5.91 Å². The summed E-state index contributed by atoms with van der Waals surface area (Å²) in [6.07, 6.45) is 1.74. The van der Waals surface area contributed by atoms with Crippen LogP contribution < -0.4 is 0 Å². The van der Waals surface area contributed by atoms with E-state index in [2.05, 4.69) is 4.98 Å². The van der Waals surface area contributed by atoms with Crippen molar-refractivity contribution < 1.29 is 4.79 Å². The van der Waals surface area contributed by atoms with Crippen LogP contribution in [-0.4, -0.2) is 28.1 Å². The summed E-state index contributed by atoms with van der Waals surface area (Å²) in [6, 6.07) is 15.8. The number of benzene rings is 1. The predicted octanol–water partition coefficient (Wildman–Crippen LogP) is 3.22. The minimum atomic E-state index is 0.145. The molecule has 0 aliphatic rings. The second-order valence-electron chi connectivity index (χ2n) is 4.35. The second kappa shape index (κ2) is 7.70. The molecule has 2 rings (SSSR count). The Morgan fingerprint density at radius 3 is 2.55 bits per heavy atom. The minimum Gasteiger partial charge on any atom is -0.338 e. The van der Waals surface area contributed by atoms with E-state index in [1.54, 1.807) is 6.20 Å². The smallest absolute Gasteiger partial charge is 0.233 e. The molecule has 4 heteroatoms.